The van der Waals surface area contributed by atoms with Crippen LogP contribution in [0.4, 0.5) is 0 Å². The number of rotatable bonds is 4. The summed E-state index contributed by atoms with van der Waals surface area (Å²) in [4.78, 5) is 16.7. The topological polar surface area (TPSA) is 73.4 Å². The molecule has 0 atom stereocenters. The van der Waals surface area contributed by atoms with Crippen LogP contribution in [0.25, 0.3) is 5.78 Å². The summed E-state index contributed by atoms with van der Waals surface area (Å²) in [5, 5.41) is -0.448. The van der Waals surface area contributed by atoms with Gasteiger partial charge in [-0.3, -0.25) is 9.20 Å². The van der Waals surface area contributed by atoms with Crippen molar-refractivity contribution in [1.29, 1.82) is 0 Å². The molecule has 0 spiro atoms. The van der Waals surface area contributed by atoms with E-state index < -0.39 is 15.1 Å². The van der Waals surface area contributed by atoms with Crippen molar-refractivity contribution in [3.05, 3.63) is 64.3 Å². The van der Waals surface area contributed by atoms with Gasteiger partial charge in [-0.15, -0.1) is 0 Å². The first-order chi connectivity index (χ1) is 11.3. The SMILES string of the molecule is Cc1cc(=O)n2ccn(Cc3ccc(S(=O)(=O)C(C)C)cc3)c2n1. The first-order valence-corrected chi connectivity index (χ1v) is 9.21. The van der Waals surface area contributed by atoms with E-state index in [0.717, 1.165) is 5.56 Å². The Labute approximate surface area is 140 Å². The van der Waals surface area contributed by atoms with Crippen LogP contribution in [-0.4, -0.2) is 27.6 Å². The summed E-state index contributed by atoms with van der Waals surface area (Å²) >= 11 is 0. The monoisotopic (exact) mass is 345 g/mol. The fourth-order valence-corrected chi connectivity index (χ4v) is 3.58. The number of aromatic nitrogens is 3. The average Bonchev–Trinajstić information content (AvgIpc) is 2.91. The van der Waals surface area contributed by atoms with E-state index in [1.165, 1.54) is 10.5 Å². The van der Waals surface area contributed by atoms with Crippen LogP contribution in [0, 0.1) is 6.92 Å². The van der Waals surface area contributed by atoms with Gasteiger partial charge < -0.3 is 4.57 Å². The van der Waals surface area contributed by atoms with E-state index in [2.05, 4.69) is 4.98 Å². The van der Waals surface area contributed by atoms with E-state index in [1.54, 1.807) is 57.4 Å². The zero-order valence-electron chi connectivity index (χ0n) is 13.8. The Bertz CT molecular complexity index is 1040. The van der Waals surface area contributed by atoms with Crippen molar-refractivity contribution in [1.82, 2.24) is 14.0 Å². The van der Waals surface area contributed by atoms with Gasteiger partial charge >= 0.3 is 0 Å². The fourth-order valence-electron chi connectivity index (χ4n) is 2.52. The molecule has 0 radical (unpaired) electrons. The van der Waals surface area contributed by atoms with Gasteiger partial charge in [0.05, 0.1) is 16.7 Å². The lowest BCUT2D eigenvalue weighted by Crippen LogP contribution is -2.15. The smallest absolute Gasteiger partial charge is 0.259 e. The Morgan fingerprint density at radius 2 is 1.79 bits per heavy atom. The number of fused-ring (bicyclic) bond motifs is 1. The van der Waals surface area contributed by atoms with Crippen LogP contribution in [0.2, 0.25) is 0 Å². The van der Waals surface area contributed by atoms with E-state index in [9.17, 15) is 13.2 Å². The lowest BCUT2D eigenvalue weighted by molar-refractivity contribution is 0.587. The van der Waals surface area contributed by atoms with Crippen LogP contribution in [0.15, 0.2) is 52.4 Å². The molecular weight excluding hydrogens is 326 g/mol. The van der Waals surface area contributed by atoms with Gasteiger partial charge in [0.15, 0.2) is 9.84 Å². The Kier molecular flexibility index (Phi) is 4.04. The van der Waals surface area contributed by atoms with Gasteiger partial charge in [-0.25, -0.2) is 13.4 Å². The molecule has 2 heterocycles. The molecule has 1 aromatic carbocycles. The van der Waals surface area contributed by atoms with Gasteiger partial charge in [0.1, 0.15) is 0 Å². The van der Waals surface area contributed by atoms with E-state index in [4.69, 9.17) is 0 Å². The van der Waals surface area contributed by atoms with Crippen LogP contribution in [0.3, 0.4) is 0 Å². The molecule has 0 amide bonds. The maximum atomic E-state index is 12.2. The Morgan fingerprint density at radius 3 is 2.42 bits per heavy atom. The number of hydrogen-bond donors (Lipinski definition) is 0. The first kappa shape index (κ1) is 16.4. The van der Waals surface area contributed by atoms with Crippen molar-refractivity contribution in [3.63, 3.8) is 0 Å². The largest absolute Gasteiger partial charge is 0.312 e. The number of aryl methyl sites for hydroxylation is 1. The molecule has 126 valence electrons. The number of imidazole rings is 1. The highest BCUT2D eigenvalue weighted by molar-refractivity contribution is 7.92. The molecule has 0 N–H and O–H groups in total. The van der Waals surface area contributed by atoms with E-state index >= 15 is 0 Å². The predicted molar refractivity (Wildman–Crippen MR) is 92.1 cm³/mol. The molecular formula is C17H19N3O3S. The number of sulfone groups is 1. The number of hydrogen-bond acceptors (Lipinski definition) is 4. The average molecular weight is 345 g/mol. The first-order valence-electron chi connectivity index (χ1n) is 7.67. The van der Waals surface area contributed by atoms with Crippen LogP contribution in [-0.2, 0) is 16.4 Å². The number of nitrogens with zero attached hydrogens (tertiary/aromatic N) is 3. The summed E-state index contributed by atoms with van der Waals surface area (Å²) in [5.74, 6) is 0.568. The van der Waals surface area contributed by atoms with Crippen LogP contribution in [0.1, 0.15) is 25.1 Å². The highest BCUT2D eigenvalue weighted by Crippen LogP contribution is 2.17. The van der Waals surface area contributed by atoms with Gasteiger partial charge in [-0.05, 0) is 38.5 Å². The second kappa shape index (κ2) is 5.90. The summed E-state index contributed by atoms with van der Waals surface area (Å²) in [6.45, 7) is 5.63. The van der Waals surface area contributed by atoms with Gasteiger partial charge in [0.2, 0.25) is 5.78 Å². The molecule has 2 aromatic heterocycles. The molecule has 3 rings (SSSR count). The van der Waals surface area contributed by atoms with Crippen molar-refractivity contribution < 1.29 is 8.42 Å². The second-order valence-corrected chi connectivity index (χ2v) is 8.57. The summed E-state index contributed by atoms with van der Waals surface area (Å²) in [5.41, 5.74) is 1.49. The van der Waals surface area contributed by atoms with Crippen molar-refractivity contribution in [3.8, 4) is 0 Å². The molecule has 0 aliphatic heterocycles. The molecule has 0 saturated carbocycles. The quantitative estimate of drug-likeness (QED) is 0.725. The Balaban J connectivity index is 1.94. The lowest BCUT2D eigenvalue weighted by atomic mass is 10.2. The minimum Gasteiger partial charge on any atom is -0.312 e. The van der Waals surface area contributed by atoms with Gasteiger partial charge in [-0.1, -0.05) is 12.1 Å². The van der Waals surface area contributed by atoms with Crippen molar-refractivity contribution in [2.45, 2.75) is 37.5 Å². The van der Waals surface area contributed by atoms with Gasteiger partial charge in [-0.2, -0.15) is 0 Å². The third kappa shape index (κ3) is 2.87. The van der Waals surface area contributed by atoms with Crippen molar-refractivity contribution >= 4 is 15.6 Å². The van der Waals surface area contributed by atoms with Gasteiger partial charge in [0, 0.05) is 24.2 Å². The minimum absolute atomic E-state index is 0.116. The molecule has 7 heteroatoms. The molecule has 0 fully saturated rings. The molecule has 0 aliphatic rings. The number of benzene rings is 1. The molecule has 0 unspecified atom stereocenters. The molecule has 0 aliphatic carbocycles. The molecule has 24 heavy (non-hydrogen) atoms. The highest BCUT2D eigenvalue weighted by Gasteiger charge is 2.18. The van der Waals surface area contributed by atoms with E-state index in [1.807, 2.05) is 4.57 Å². The molecule has 6 nitrogen and oxygen atoms in total. The van der Waals surface area contributed by atoms with Crippen LogP contribution in [0.5, 0.6) is 0 Å². The minimum atomic E-state index is -3.27. The predicted octanol–water partition coefficient (Wildman–Crippen LogP) is 2.03. The summed E-state index contributed by atoms with van der Waals surface area (Å²) in [7, 11) is -3.27. The zero-order chi connectivity index (χ0) is 17.5. The molecule has 0 bridgehead atoms. The van der Waals surface area contributed by atoms with Crippen molar-refractivity contribution in [2.24, 2.45) is 0 Å². The highest BCUT2D eigenvalue weighted by atomic mass is 32.2. The maximum Gasteiger partial charge on any atom is 0.259 e. The summed E-state index contributed by atoms with van der Waals surface area (Å²) < 4.78 is 27.7. The Morgan fingerprint density at radius 1 is 1.12 bits per heavy atom. The summed E-state index contributed by atoms with van der Waals surface area (Å²) in [6.07, 6.45) is 3.48. The van der Waals surface area contributed by atoms with E-state index in [-0.39, 0.29) is 5.56 Å². The zero-order valence-corrected chi connectivity index (χ0v) is 14.6. The maximum absolute atomic E-state index is 12.2. The summed E-state index contributed by atoms with van der Waals surface area (Å²) in [6, 6.07) is 8.32. The normalized spacial score (nSPS) is 12.2. The Hall–Kier alpha value is -2.41. The van der Waals surface area contributed by atoms with Crippen molar-refractivity contribution in [2.75, 3.05) is 0 Å². The lowest BCUT2D eigenvalue weighted by Gasteiger charge is -2.09. The third-order valence-electron chi connectivity index (χ3n) is 3.94. The third-order valence-corrected chi connectivity index (χ3v) is 6.11. The van der Waals surface area contributed by atoms with Gasteiger partial charge in [0.25, 0.3) is 5.56 Å². The fraction of sp³-hybridized carbons (Fsp3) is 0.294. The van der Waals surface area contributed by atoms with Crippen LogP contribution >= 0.6 is 0 Å². The van der Waals surface area contributed by atoms with Crippen LogP contribution < -0.4 is 5.56 Å². The van der Waals surface area contributed by atoms with E-state index in [0.29, 0.717) is 22.9 Å². The molecule has 0 saturated heterocycles. The second-order valence-electron chi connectivity index (χ2n) is 6.07. The molecule has 3 aromatic rings. The standard InChI is InChI=1S/C17H19N3O3S/c1-12(2)24(22,23)15-6-4-14(5-7-15)11-19-8-9-20-16(21)10-13(3)18-17(19)20/h4-10,12H,11H2,1-3H3.